The molecule has 0 unspecified atom stereocenters. The molecule has 0 amide bonds. The van der Waals surface area contributed by atoms with E-state index >= 15 is 0 Å². The highest BCUT2D eigenvalue weighted by molar-refractivity contribution is 6.11. The van der Waals surface area contributed by atoms with Crippen LogP contribution in [0, 0.1) is 0 Å². The number of anilines is 3. The largest absolute Gasteiger partial charge is 0.456 e. The van der Waals surface area contributed by atoms with Gasteiger partial charge in [-0.1, -0.05) is 107 Å². The minimum atomic E-state index is -0.218. The molecule has 11 rings (SSSR count). The smallest absolute Gasteiger partial charge is 0.135 e. The number of furan rings is 1. The fourth-order valence-electron chi connectivity index (χ4n) is 9.56. The van der Waals surface area contributed by atoms with Gasteiger partial charge in [0.1, 0.15) is 11.2 Å². The summed E-state index contributed by atoms with van der Waals surface area (Å²) in [6.07, 6.45) is 0. The van der Waals surface area contributed by atoms with Crippen molar-refractivity contribution in [3.05, 3.63) is 174 Å². The quantitative estimate of drug-likeness (QED) is 0.186. The van der Waals surface area contributed by atoms with E-state index in [-0.39, 0.29) is 10.8 Å². The lowest BCUT2D eigenvalue weighted by Crippen LogP contribution is -2.17. The number of hydrogen-bond acceptors (Lipinski definition) is 2. The van der Waals surface area contributed by atoms with Crippen molar-refractivity contribution >= 4 is 60.5 Å². The van der Waals surface area contributed by atoms with Crippen LogP contribution in [-0.2, 0) is 10.8 Å². The monoisotopic (exact) mass is 667 g/mol. The molecule has 2 aliphatic rings. The van der Waals surface area contributed by atoms with Crippen molar-refractivity contribution < 1.29 is 4.42 Å². The first-order valence-corrected chi connectivity index (χ1v) is 18.3. The molecule has 0 N–H and O–H groups in total. The molecule has 0 radical (unpaired) electrons. The highest BCUT2D eigenvalue weighted by atomic mass is 16.3. The second-order valence-corrected chi connectivity index (χ2v) is 15.8. The SMILES string of the molecule is CC1(C)c2cc3ccccc3cc2-c2cc3ccc(N(c4ccccc4)c4ccc5c(c4)C(C)(C)c4c-5ccc5oc6ccccc6c45)cc3cc21. The molecule has 0 saturated carbocycles. The fraction of sp³-hybridized carbons (Fsp3) is 0.120. The lowest BCUT2D eigenvalue weighted by Gasteiger charge is -2.28. The van der Waals surface area contributed by atoms with Crippen molar-refractivity contribution in [1.29, 1.82) is 0 Å². The van der Waals surface area contributed by atoms with Gasteiger partial charge in [-0.25, -0.2) is 0 Å². The van der Waals surface area contributed by atoms with Gasteiger partial charge in [-0.2, -0.15) is 0 Å². The molecular formula is C50H37NO. The summed E-state index contributed by atoms with van der Waals surface area (Å²) in [6.45, 7) is 9.50. The number of hydrogen-bond donors (Lipinski definition) is 0. The van der Waals surface area contributed by atoms with Crippen LogP contribution in [0.25, 0.3) is 65.7 Å². The lowest BCUT2D eigenvalue weighted by atomic mass is 9.80. The van der Waals surface area contributed by atoms with E-state index in [0.717, 1.165) is 28.2 Å². The maximum Gasteiger partial charge on any atom is 0.135 e. The minimum Gasteiger partial charge on any atom is -0.456 e. The van der Waals surface area contributed by atoms with E-state index in [1.165, 1.54) is 76.8 Å². The second-order valence-electron chi connectivity index (χ2n) is 15.8. The third kappa shape index (κ3) is 3.95. The van der Waals surface area contributed by atoms with Gasteiger partial charge in [0.25, 0.3) is 0 Å². The molecule has 52 heavy (non-hydrogen) atoms. The Hall–Kier alpha value is -6.12. The number of rotatable bonds is 3. The van der Waals surface area contributed by atoms with Crippen LogP contribution in [0.4, 0.5) is 17.1 Å². The number of benzene rings is 8. The molecule has 2 heteroatoms. The summed E-state index contributed by atoms with van der Waals surface area (Å²) in [4.78, 5) is 2.42. The van der Waals surface area contributed by atoms with Crippen LogP contribution in [-0.4, -0.2) is 0 Å². The van der Waals surface area contributed by atoms with Gasteiger partial charge in [-0.15, -0.1) is 0 Å². The van der Waals surface area contributed by atoms with Crippen molar-refractivity contribution in [2.75, 3.05) is 4.90 Å². The van der Waals surface area contributed by atoms with Gasteiger partial charge in [0.05, 0.1) is 0 Å². The van der Waals surface area contributed by atoms with E-state index in [4.69, 9.17) is 4.42 Å². The van der Waals surface area contributed by atoms with E-state index in [2.05, 4.69) is 184 Å². The zero-order chi connectivity index (χ0) is 34.9. The molecule has 0 spiro atoms. The van der Waals surface area contributed by atoms with Crippen LogP contribution in [0.5, 0.6) is 0 Å². The summed E-state index contributed by atoms with van der Waals surface area (Å²) in [6, 6.07) is 56.1. The zero-order valence-electron chi connectivity index (χ0n) is 29.8. The highest BCUT2D eigenvalue weighted by Gasteiger charge is 2.39. The van der Waals surface area contributed by atoms with Gasteiger partial charge >= 0.3 is 0 Å². The first-order chi connectivity index (χ1) is 25.3. The van der Waals surface area contributed by atoms with Gasteiger partial charge in [-0.3, -0.25) is 0 Å². The Morgan fingerprint density at radius 1 is 0.404 bits per heavy atom. The Morgan fingerprint density at radius 2 is 1.00 bits per heavy atom. The Morgan fingerprint density at radius 3 is 1.79 bits per heavy atom. The van der Waals surface area contributed by atoms with E-state index in [1.54, 1.807) is 0 Å². The average molecular weight is 668 g/mol. The topological polar surface area (TPSA) is 16.4 Å². The van der Waals surface area contributed by atoms with E-state index in [1.807, 2.05) is 0 Å². The molecule has 1 aromatic heterocycles. The minimum absolute atomic E-state index is 0.0929. The van der Waals surface area contributed by atoms with Gasteiger partial charge in [0.15, 0.2) is 0 Å². The Balaban J connectivity index is 1.07. The van der Waals surface area contributed by atoms with Gasteiger partial charge < -0.3 is 9.32 Å². The van der Waals surface area contributed by atoms with Gasteiger partial charge in [0, 0.05) is 38.7 Å². The number of fused-ring (bicyclic) bond motifs is 12. The summed E-state index contributed by atoms with van der Waals surface area (Å²) >= 11 is 0. The maximum atomic E-state index is 6.35. The number of para-hydroxylation sites is 2. The highest BCUT2D eigenvalue weighted by Crippen LogP contribution is 2.55. The normalized spacial score (nSPS) is 14.8. The predicted molar refractivity (Wildman–Crippen MR) is 219 cm³/mol. The molecule has 9 aromatic rings. The Kier molecular flexibility index (Phi) is 5.83. The molecule has 2 nitrogen and oxygen atoms in total. The molecule has 0 fully saturated rings. The van der Waals surface area contributed by atoms with Crippen LogP contribution in [0.2, 0.25) is 0 Å². The van der Waals surface area contributed by atoms with Crippen LogP contribution in [0.1, 0.15) is 49.9 Å². The predicted octanol–water partition coefficient (Wildman–Crippen LogP) is 14.0. The molecule has 0 aliphatic heterocycles. The Bertz CT molecular complexity index is 2960. The second kappa shape index (κ2) is 10.2. The molecular weight excluding hydrogens is 631 g/mol. The fourth-order valence-corrected chi connectivity index (χ4v) is 9.56. The third-order valence-corrected chi connectivity index (χ3v) is 12.1. The summed E-state index contributed by atoms with van der Waals surface area (Å²) in [5.74, 6) is 0. The van der Waals surface area contributed by atoms with E-state index in [0.29, 0.717) is 0 Å². The number of nitrogens with zero attached hydrogens (tertiary/aromatic N) is 1. The molecule has 0 saturated heterocycles. The van der Waals surface area contributed by atoms with Crippen molar-refractivity contribution in [3.8, 4) is 22.3 Å². The van der Waals surface area contributed by atoms with Gasteiger partial charge in [0.2, 0.25) is 0 Å². The Labute approximate surface area is 303 Å². The molecule has 0 atom stereocenters. The van der Waals surface area contributed by atoms with Crippen molar-refractivity contribution in [2.24, 2.45) is 0 Å². The summed E-state index contributed by atoms with van der Waals surface area (Å²) in [5.41, 5.74) is 15.8. The van der Waals surface area contributed by atoms with Crippen LogP contribution < -0.4 is 4.90 Å². The first-order valence-electron chi connectivity index (χ1n) is 18.3. The van der Waals surface area contributed by atoms with Crippen molar-refractivity contribution in [2.45, 2.75) is 38.5 Å². The van der Waals surface area contributed by atoms with Crippen LogP contribution in [0.3, 0.4) is 0 Å². The first kappa shape index (κ1) is 29.6. The van der Waals surface area contributed by atoms with E-state index < -0.39 is 0 Å². The zero-order valence-corrected chi connectivity index (χ0v) is 29.8. The standard InChI is InChI=1S/C50H37NO/c1-49(2)42-27-31-13-9-8-12-30(31)25-40(42)41-26-32-18-19-35(24-33(32)28-43(41)49)51(34-14-6-5-7-15-34)36-20-21-37-38-22-23-46-47(39-16-10-11-17-45(39)52-46)48(38)50(3,4)44(37)29-36/h5-29H,1-4H3. The van der Waals surface area contributed by atoms with E-state index in [9.17, 15) is 0 Å². The van der Waals surface area contributed by atoms with Crippen LogP contribution >= 0.6 is 0 Å². The summed E-state index contributed by atoms with van der Waals surface area (Å²) < 4.78 is 6.35. The lowest BCUT2D eigenvalue weighted by molar-refractivity contribution is 0.657. The average Bonchev–Trinajstić information content (AvgIpc) is 3.73. The molecule has 2 aliphatic carbocycles. The van der Waals surface area contributed by atoms with Crippen molar-refractivity contribution in [3.63, 3.8) is 0 Å². The summed E-state index contributed by atoms with van der Waals surface area (Å²) in [5, 5.41) is 7.53. The molecule has 248 valence electrons. The van der Waals surface area contributed by atoms with Crippen LogP contribution in [0.15, 0.2) is 156 Å². The third-order valence-electron chi connectivity index (χ3n) is 12.1. The summed E-state index contributed by atoms with van der Waals surface area (Å²) in [7, 11) is 0. The molecule has 8 aromatic carbocycles. The molecule has 1 heterocycles. The maximum absolute atomic E-state index is 6.35. The molecule has 0 bridgehead atoms. The van der Waals surface area contributed by atoms with Gasteiger partial charge in [-0.05, 0) is 139 Å². The van der Waals surface area contributed by atoms with Crippen molar-refractivity contribution in [1.82, 2.24) is 0 Å².